The number of rotatable bonds is 7. The van der Waals surface area contributed by atoms with E-state index in [1.54, 1.807) is 0 Å². The first kappa shape index (κ1) is 18.2. The Balaban J connectivity index is 3.09. The van der Waals surface area contributed by atoms with Crippen LogP contribution < -0.4 is 16.2 Å². The zero-order chi connectivity index (χ0) is 17.7. The smallest absolute Gasteiger partial charge is 0.375 e. The number of hydrogen-bond donors (Lipinski definition) is 5. The second-order valence-electron chi connectivity index (χ2n) is 4.56. The standard InChI is InChI=1S/C11H15N5O7/c1-4(17)8(20)6(19)3-12-9-7(16(22)23)10(21)15-11(14-9)13-5(2)18/h4,8,17,20H,3H2,1-2H3,(H3,12,13,14,15,18,21)/t4-,8?/m0/s1. The molecule has 23 heavy (non-hydrogen) atoms. The van der Waals surface area contributed by atoms with E-state index in [1.165, 1.54) is 6.92 Å². The molecule has 0 aromatic carbocycles. The molecule has 1 aromatic heterocycles. The van der Waals surface area contributed by atoms with E-state index in [-0.39, 0.29) is 5.95 Å². The molecule has 5 N–H and O–H groups in total. The van der Waals surface area contributed by atoms with Crippen LogP contribution in [0.25, 0.3) is 0 Å². The number of aliphatic hydroxyl groups is 2. The minimum Gasteiger partial charge on any atom is -0.390 e. The Hall–Kier alpha value is -2.86. The summed E-state index contributed by atoms with van der Waals surface area (Å²) in [5.41, 5.74) is -2.10. The molecule has 0 radical (unpaired) electrons. The number of nitrogens with one attached hydrogen (secondary N) is 3. The fourth-order valence-corrected chi connectivity index (χ4v) is 1.53. The van der Waals surface area contributed by atoms with Gasteiger partial charge in [-0.15, -0.1) is 0 Å². The molecule has 0 fully saturated rings. The normalized spacial score (nSPS) is 13.0. The van der Waals surface area contributed by atoms with Gasteiger partial charge in [-0.2, -0.15) is 4.98 Å². The summed E-state index contributed by atoms with van der Waals surface area (Å²) in [5.74, 6) is -2.35. The van der Waals surface area contributed by atoms with Gasteiger partial charge in [-0.25, -0.2) is 0 Å². The molecule has 126 valence electrons. The summed E-state index contributed by atoms with van der Waals surface area (Å²) in [6, 6.07) is 0. The third-order valence-corrected chi connectivity index (χ3v) is 2.59. The molecule has 12 nitrogen and oxygen atoms in total. The predicted octanol–water partition coefficient (Wildman–Crippen LogP) is -1.64. The number of ketones is 1. The number of H-pyrrole nitrogens is 1. The first-order valence-corrected chi connectivity index (χ1v) is 6.32. The minimum absolute atomic E-state index is 0.348. The first-order chi connectivity index (χ1) is 10.6. The van der Waals surface area contributed by atoms with Crippen LogP contribution in [0, 0.1) is 10.1 Å². The number of Topliss-reactive ketones (excluding diaryl/α,β-unsaturated/α-hetero) is 1. The average Bonchev–Trinajstić information content (AvgIpc) is 2.41. The third-order valence-electron chi connectivity index (χ3n) is 2.59. The maximum Gasteiger partial charge on any atom is 0.375 e. The summed E-state index contributed by atoms with van der Waals surface area (Å²) in [7, 11) is 0. The summed E-state index contributed by atoms with van der Waals surface area (Å²) in [6.45, 7) is 1.70. The molecule has 0 aliphatic heterocycles. The summed E-state index contributed by atoms with van der Waals surface area (Å²) in [6.07, 6.45) is -3.03. The van der Waals surface area contributed by atoms with E-state index in [9.17, 15) is 29.6 Å². The molecule has 0 spiro atoms. The van der Waals surface area contributed by atoms with Gasteiger partial charge in [-0.3, -0.25) is 34.8 Å². The maximum absolute atomic E-state index is 11.7. The molecule has 0 bridgehead atoms. The van der Waals surface area contributed by atoms with Crippen LogP contribution in [0.3, 0.4) is 0 Å². The number of aromatic nitrogens is 2. The maximum atomic E-state index is 11.7. The van der Waals surface area contributed by atoms with Crippen LogP contribution in [0.2, 0.25) is 0 Å². The molecule has 1 amide bonds. The van der Waals surface area contributed by atoms with Crippen molar-refractivity contribution in [1.29, 1.82) is 0 Å². The number of carbonyl (C=O) groups is 2. The van der Waals surface area contributed by atoms with E-state index < -0.39 is 52.4 Å². The Morgan fingerprint density at radius 2 is 2.04 bits per heavy atom. The molecule has 0 saturated heterocycles. The summed E-state index contributed by atoms with van der Waals surface area (Å²) < 4.78 is 0. The largest absolute Gasteiger partial charge is 0.390 e. The highest BCUT2D eigenvalue weighted by atomic mass is 16.6. The van der Waals surface area contributed by atoms with Crippen molar-refractivity contribution in [3.8, 4) is 0 Å². The van der Waals surface area contributed by atoms with Gasteiger partial charge in [0.1, 0.15) is 6.10 Å². The topological polar surface area (TPSA) is 188 Å². The van der Waals surface area contributed by atoms with Crippen molar-refractivity contribution in [3.05, 3.63) is 20.5 Å². The van der Waals surface area contributed by atoms with E-state index in [1.807, 2.05) is 4.98 Å². The summed E-state index contributed by atoms with van der Waals surface area (Å²) >= 11 is 0. The van der Waals surface area contributed by atoms with Crippen LogP contribution >= 0.6 is 0 Å². The second-order valence-corrected chi connectivity index (χ2v) is 4.56. The molecular weight excluding hydrogens is 314 g/mol. The van der Waals surface area contributed by atoms with Crippen LogP contribution in [0.5, 0.6) is 0 Å². The molecule has 0 aliphatic carbocycles. The fourth-order valence-electron chi connectivity index (χ4n) is 1.53. The number of aliphatic hydroxyl groups excluding tert-OH is 2. The van der Waals surface area contributed by atoms with Gasteiger partial charge in [0, 0.05) is 6.92 Å². The van der Waals surface area contributed by atoms with Crippen LogP contribution in [-0.2, 0) is 9.59 Å². The van der Waals surface area contributed by atoms with Gasteiger partial charge in [0.05, 0.1) is 17.6 Å². The lowest BCUT2D eigenvalue weighted by Gasteiger charge is -2.13. The van der Waals surface area contributed by atoms with Crippen molar-refractivity contribution in [2.45, 2.75) is 26.1 Å². The van der Waals surface area contributed by atoms with Crippen molar-refractivity contribution < 1.29 is 24.7 Å². The fraction of sp³-hybridized carbons (Fsp3) is 0.455. The molecule has 1 heterocycles. The van der Waals surface area contributed by atoms with Gasteiger partial charge in [0.15, 0.2) is 5.78 Å². The van der Waals surface area contributed by atoms with Crippen molar-refractivity contribution in [2.75, 3.05) is 17.2 Å². The van der Waals surface area contributed by atoms with Crippen LogP contribution in [0.4, 0.5) is 17.5 Å². The van der Waals surface area contributed by atoms with Crippen molar-refractivity contribution in [2.24, 2.45) is 0 Å². The van der Waals surface area contributed by atoms with E-state index in [2.05, 4.69) is 15.6 Å². The number of amides is 1. The van der Waals surface area contributed by atoms with Crippen molar-refractivity contribution in [3.63, 3.8) is 0 Å². The lowest BCUT2D eigenvalue weighted by atomic mass is 10.1. The molecule has 0 saturated carbocycles. The Kier molecular flexibility index (Phi) is 5.87. The Morgan fingerprint density at radius 1 is 1.43 bits per heavy atom. The van der Waals surface area contributed by atoms with Crippen LogP contribution in [0.1, 0.15) is 13.8 Å². The summed E-state index contributed by atoms with van der Waals surface area (Å²) in [4.78, 5) is 49.7. The highest BCUT2D eigenvalue weighted by Gasteiger charge is 2.25. The van der Waals surface area contributed by atoms with Gasteiger partial charge in [0.25, 0.3) is 0 Å². The molecule has 2 atom stereocenters. The molecule has 1 aromatic rings. The monoisotopic (exact) mass is 329 g/mol. The van der Waals surface area contributed by atoms with E-state index in [0.717, 1.165) is 6.92 Å². The lowest BCUT2D eigenvalue weighted by molar-refractivity contribution is -0.385. The highest BCUT2D eigenvalue weighted by Crippen LogP contribution is 2.17. The first-order valence-electron chi connectivity index (χ1n) is 6.32. The number of nitrogens with zero attached hydrogens (tertiary/aromatic N) is 2. The van der Waals surface area contributed by atoms with E-state index in [0.29, 0.717) is 0 Å². The number of anilines is 2. The minimum atomic E-state index is -1.70. The predicted molar refractivity (Wildman–Crippen MR) is 77.0 cm³/mol. The zero-order valence-electron chi connectivity index (χ0n) is 12.2. The van der Waals surface area contributed by atoms with Gasteiger partial charge >= 0.3 is 11.2 Å². The number of aromatic amines is 1. The third kappa shape index (κ3) is 4.82. The Bertz CT molecular complexity index is 684. The van der Waals surface area contributed by atoms with Gasteiger partial charge in [0.2, 0.25) is 17.7 Å². The van der Waals surface area contributed by atoms with Crippen LogP contribution in [0.15, 0.2) is 4.79 Å². The molecule has 1 rings (SSSR count). The van der Waals surface area contributed by atoms with Crippen molar-refractivity contribution in [1.82, 2.24) is 9.97 Å². The Morgan fingerprint density at radius 3 is 2.52 bits per heavy atom. The van der Waals surface area contributed by atoms with E-state index >= 15 is 0 Å². The Labute approximate surface area is 128 Å². The summed E-state index contributed by atoms with van der Waals surface area (Å²) in [5, 5.41) is 33.7. The van der Waals surface area contributed by atoms with Crippen molar-refractivity contribution >= 4 is 29.1 Å². The molecular formula is C11H15N5O7. The number of hydrogen-bond acceptors (Lipinski definition) is 9. The van der Waals surface area contributed by atoms with Gasteiger partial charge < -0.3 is 15.5 Å². The quantitative estimate of drug-likeness (QED) is 0.288. The zero-order valence-corrected chi connectivity index (χ0v) is 12.2. The van der Waals surface area contributed by atoms with Gasteiger partial charge in [-0.1, -0.05) is 0 Å². The highest BCUT2D eigenvalue weighted by molar-refractivity contribution is 5.88. The second kappa shape index (κ2) is 7.42. The van der Waals surface area contributed by atoms with Crippen LogP contribution in [-0.4, -0.2) is 55.5 Å². The lowest BCUT2D eigenvalue weighted by Crippen LogP contribution is -2.36. The SMILES string of the molecule is CC(=O)Nc1nc(NCC(=O)C(O)[C@H](C)O)c([N+](=O)[O-])c(=O)[nH]1. The number of carbonyl (C=O) groups excluding carboxylic acids is 2. The molecule has 0 aliphatic rings. The molecule has 1 unspecified atom stereocenters. The molecule has 12 heteroatoms. The number of nitro groups is 1. The van der Waals surface area contributed by atoms with E-state index in [4.69, 9.17) is 5.11 Å². The van der Waals surface area contributed by atoms with Gasteiger partial charge in [-0.05, 0) is 6.92 Å². The average molecular weight is 329 g/mol.